The van der Waals surface area contributed by atoms with Gasteiger partial charge in [-0.15, -0.1) is 0 Å². The fourth-order valence-electron chi connectivity index (χ4n) is 2.11. The Labute approximate surface area is 168 Å². The van der Waals surface area contributed by atoms with Crippen molar-refractivity contribution in [2.75, 3.05) is 13.2 Å². The maximum atomic E-state index is 12.1. The zero-order valence-corrected chi connectivity index (χ0v) is 16.5. The summed E-state index contributed by atoms with van der Waals surface area (Å²) in [5, 5.41) is 8.71. The van der Waals surface area contributed by atoms with Gasteiger partial charge in [0.25, 0.3) is 5.91 Å². The molecule has 2 rings (SSSR count). The summed E-state index contributed by atoms with van der Waals surface area (Å²) in [6, 6.07) is 14.5. The summed E-state index contributed by atoms with van der Waals surface area (Å²) < 4.78 is 31.7. The third-order valence-electron chi connectivity index (χ3n) is 3.67. The number of hydrazine groups is 1. The van der Waals surface area contributed by atoms with Crippen LogP contribution in [0.5, 0.6) is 5.75 Å². The molecule has 152 valence electrons. The molecule has 29 heavy (non-hydrogen) atoms. The van der Waals surface area contributed by atoms with Gasteiger partial charge in [-0.25, -0.2) is 13.1 Å². The SMILES string of the molecule is Cc1ccc(S(=O)(=O)NCCC(=O)NNC(=O)COc2ccc(C#N)cc2)cc1. The largest absolute Gasteiger partial charge is 0.484 e. The van der Waals surface area contributed by atoms with E-state index in [-0.39, 0.29) is 24.5 Å². The molecule has 9 nitrogen and oxygen atoms in total. The quantitative estimate of drug-likeness (QED) is 0.543. The maximum absolute atomic E-state index is 12.1. The zero-order valence-electron chi connectivity index (χ0n) is 15.6. The smallest absolute Gasteiger partial charge is 0.276 e. The molecular formula is C19H20N4O5S. The molecule has 0 aromatic heterocycles. The summed E-state index contributed by atoms with van der Waals surface area (Å²) in [5.41, 5.74) is 5.74. The monoisotopic (exact) mass is 416 g/mol. The standard InChI is InChI=1S/C19H20N4O5S/c1-14-2-8-17(9-3-14)29(26,27)21-11-10-18(24)22-23-19(25)13-28-16-6-4-15(12-20)5-7-16/h2-9,21H,10-11,13H2,1H3,(H,22,24)(H,23,25). The van der Waals surface area contributed by atoms with Crippen LogP contribution in [0, 0.1) is 18.3 Å². The van der Waals surface area contributed by atoms with Gasteiger partial charge in [-0.2, -0.15) is 5.26 Å². The van der Waals surface area contributed by atoms with Crippen LogP contribution in [-0.2, 0) is 19.6 Å². The van der Waals surface area contributed by atoms with Gasteiger partial charge < -0.3 is 4.74 Å². The minimum atomic E-state index is -3.71. The van der Waals surface area contributed by atoms with Crippen LogP contribution in [0.2, 0.25) is 0 Å². The molecule has 0 heterocycles. The van der Waals surface area contributed by atoms with Crippen molar-refractivity contribution in [2.45, 2.75) is 18.2 Å². The zero-order chi connectivity index (χ0) is 21.3. The molecule has 0 spiro atoms. The van der Waals surface area contributed by atoms with E-state index >= 15 is 0 Å². The van der Waals surface area contributed by atoms with Crippen LogP contribution in [0.25, 0.3) is 0 Å². The second-order valence-electron chi connectivity index (χ2n) is 5.98. The van der Waals surface area contributed by atoms with Crippen molar-refractivity contribution in [1.29, 1.82) is 5.26 Å². The summed E-state index contributed by atoms with van der Waals surface area (Å²) in [5.74, 6) is -0.762. The predicted molar refractivity (Wildman–Crippen MR) is 104 cm³/mol. The van der Waals surface area contributed by atoms with E-state index in [0.717, 1.165) is 5.56 Å². The molecule has 0 aliphatic rings. The first-order valence-corrected chi connectivity index (χ1v) is 10.1. The Morgan fingerprint density at radius 1 is 1.00 bits per heavy atom. The van der Waals surface area contributed by atoms with Gasteiger partial charge in [-0.05, 0) is 43.3 Å². The second kappa shape index (κ2) is 10.2. The topological polar surface area (TPSA) is 137 Å². The van der Waals surface area contributed by atoms with Gasteiger partial charge in [0.15, 0.2) is 6.61 Å². The molecule has 2 aromatic rings. The van der Waals surface area contributed by atoms with Crippen LogP contribution < -0.4 is 20.3 Å². The van der Waals surface area contributed by atoms with Crippen molar-refractivity contribution in [2.24, 2.45) is 0 Å². The number of carbonyl (C=O) groups is 2. The maximum Gasteiger partial charge on any atom is 0.276 e. The number of sulfonamides is 1. The fraction of sp³-hybridized carbons (Fsp3) is 0.211. The number of nitrogens with one attached hydrogen (secondary N) is 3. The Bertz CT molecular complexity index is 996. The first kappa shape index (κ1) is 21.9. The summed E-state index contributed by atoms with van der Waals surface area (Å²) >= 11 is 0. The predicted octanol–water partition coefficient (Wildman–Crippen LogP) is 0.762. The number of ether oxygens (including phenoxy) is 1. The molecule has 3 N–H and O–H groups in total. The van der Waals surface area contributed by atoms with Crippen LogP contribution in [0.15, 0.2) is 53.4 Å². The molecular weight excluding hydrogens is 396 g/mol. The molecule has 0 bridgehead atoms. The van der Waals surface area contributed by atoms with Gasteiger partial charge in [0.05, 0.1) is 16.5 Å². The first-order chi connectivity index (χ1) is 13.8. The lowest BCUT2D eigenvalue weighted by molar-refractivity contribution is -0.129. The highest BCUT2D eigenvalue weighted by molar-refractivity contribution is 7.89. The summed E-state index contributed by atoms with van der Waals surface area (Å²) in [7, 11) is -3.71. The van der Waals surface area contributed by atoms with Gasteiger partial charge in [0.2, 0.25) is 15.9 Å². The lowest BCUT2D eigenvalue weighted by Crippen LogP contribution is -2.44. The van der Waals surface area contributed by atoms with Crippen LogP contribution in [0.1, 0.15) is 17.5 Å². The van der Waals surface area contributed by atoms with Crippen LogP contribution in [0.3, 0.4) is 0 Å². The fourth-order valence-corrected chi connectivity index (χ4v) is 3.14. The number of hydrogen-bond donors (Lipinski definition) is 3. The minimum absolute atomic E-state index is 0.108. The van der Waals surface area contributed by atoms with E-state index in [9.17, 15) is 18.0 Å². The molecule has 10 heteroatoms. The summed E-state index contributed by atoms with van der Waals surface area (Å²) in [4.78, 5) is 23.5. The Balaban J connectivity index is 1.67. The molecule has 0 unspecified atom stereocenters. The Hall–Kier alpha value is -3.42. The Kier molecular flexibility index (Phi) is 7.70. The molecule has 0 aliphatic heterocycles. The Morgan fingerprint density at radius 2 is 1.62 bits per heavy atom. The van der Waals surface area contributed by atoms with E-state index in [0.29, 0.717) is 11.3 Å². The van der Waals surface area contributed by atoms with E-state index in [2.05, 4.69) is 15.6 Å². The summed E-state index contributed by atoms with van der Waals surface area (Å²) in [6.45, 7) is 1.38. The van der Waals surface area contributed by atoms with Crippen molar-refractivity contribution in [3.63, 3.8) is 0 Å². The van der Waals surface area contributed by atoms with Crippen LogP contribution >= 0.6 is 0 Å². The van der Waals surface area contributed by atoms with Crippen LogP contribution in [-0.4, -0.2) is 33.4 Å². The molecule has 2 amide bonds. The lowest BCUT2D eigenvalue weighted by Gasteiger charge is -2.10. The van der Waals surface area contributed by atoms with Gasteiger partial charge in [0, 0.05) is 13.0 Å². The highest BCUT2D eigenvalue weighted by atomic mass is 32.2. The third kappa shape index (κ3) is 7.25. The highest BCUT2D eigenvalue weighted by Gasteiger charge is 2.14. The van der Waals surface area contributed by atoms with Gasteiger partial charge in [0.1, 0.15) is 5.75 Å². The van der Waals surface area contributed by atoms with E-state index in [1.165, 1.54) is 12.1 Å². The number of nitriles is 1. The Morgan fingerprint density at radius 3 is 2.24 bits per heavy atom. The number of carbonyl (C=O) groups excluding carboxylic acids is 2. The molecule has 0 aliphatic carbocycles. The van der Waals surface area contributed by atoms with Crippen molar-refractivity contribution < 1.29 is 22.7 Å². The average Bonchev–Trinajstić information content (AvgIpc) is 2.71. The van der Waals surface area contributed by atoms with Crippen molar-refractivity contribution in [3.05, 3.63) is 59.7 Å². The van der Waals surface area contributed by atoms with Crippen molar-refractivity contribution >= 4 is 21.8 Å². The number of aryl methyl sites for hydroxylation is 1. The molecule has 2 aromatic carbocycles. The summed E-state index contributed by atoms with van der Waals surface area (Å²) in [6.07, 6.45) is -0.165. The van der Waals surface area contributed by atoms with Crippen LogP contribution in [0.4, 0.5) is 0 Å². The number of rotatable bonds is 8. The van der Waals surface area contributed by atoms with Gasteiger partial charge in [-0.3, -0.25) is 20.4 Å². The van der Waals surface area contributed by atoms with E-state index in [4.69, 9.17) is 10.00 Å². The molecule has 0 saturated heterocycles. The molecule has 0 saturated carbocycles. The third-order valence-corrected chi connectivity index (χ3v) is 5.15. The number of hydrogen-bond acceptors (Lipinski definition) is 6. The normalized spacial score (nSPS) is 10.6. The highest BCUT2D eigenvalue weighted by Crippen LogP contribution is 2.11. The van der Waals surface area contributed by atoms with Gasteiger partial charge >= 0.3 is 0 Å². The average molecular weight is 416 g/mol. The number of nitrogens with zero attached hydrogens (tertiary/aromatic N) is 1. The molecule has 0 fully saturated rings. The van der Waals surface area contributed by atoms with E-state index in [1.54, 1.807) is 36.4 Å². The second-order valence-corrected chi connectivity index (χ2v) is 7.75. The van der Waals surface area contributed by atoms with Crippen molar-refractivity contribution in [1.82, 2.24) is 15.6 Å². The van der Waals surface area contributed by atoms with E-state index < -0.39 is 21.8 Å². The van der Waals surface area contributed by atoms with E-state index in [1.807, 2.05) is 13.0 Å². The number of amides is 2. The van der Waals surface area contributed by atoms with Crippen molar-refractivity contribution in [3.8, 4) is 11.8 Å². The first-order valence-electron chi connectivity index (χ1n) is 8.57. The van der Waals surface area contributed by atoms with Gasteiger partial charge in [-0.1, -0.05) is 17.7 Å². The molecule has 0 atom stereocenters. The number of benzene rings is 2. The molecule has 0 radical (unpaired) electrons. The minimum Gasteiger partial charge on any atom is -0.484 e. The lowest BCUT2D eigenvalue weighted by atomic mass is 10.2.